The molecule has 0 aromatic carbocycles. The zero-order chi connectivity index (χ0) is 28.3. The van der Waals surface area contributed by atoms with Gasteiger partial charge in [-0.25, -0.2) is 19.9 Å². The first-order valence-electron chi connectivity index (χ1n) is 12.1. The maximum absolute atomic E-state index is 13.5. The van der Waals surface area contributed by atoms with E-state index in [1.807, 2.05) is 6.92 Å². The Morgan fingerprint density at radius 1 is 0.974 bits per heavy atom. The Morgan fingerprint density at radius 3 is 2.36 bits per heavy atom. The summed E-state index contributed by atoms with van der Waals surface area (Å²) in [7, 11) is 0. The Hall–Kier alpha value is -3.70. The second-order valence-electron chi connectivity index (χ2n) is 10.1. The summed E-state index contributed by atoms with van der Waals surface area (Å²) in [6.45, 7) is 6.74. The lowest BCUT2D eigenvalue weighted by Gasteiger charge is -2.17. The van der Waals surface area contributed by atoms with Crippen LogP contribution in [0.1, 0.15) is 66.3 Å². The fraction of sp³-hybridized carbons (Fsp3) is 0.333. The van der Waals surface area contributed by atoms with Crippen molar-refractivity contribution < 1.29 is 18.3 Å². The molecule has 0 bridgehead atoms. The van der Waals surface area contributed by atoms with E-state index in [-0.39, 0.29) is 28.4 Å². The molecule has 1 saturated carbocycles. The summed E-state index contributed by atoms with van der Waals surface area (Å²) >= 11 is 6.58. The van der Waals surface area contributed by atoms with Gasteiger partial charge >= 0.3 is 6.18 Å². The summed E-state index contributed by atoms with van der Waals surface area (Å²) in [6.07, 6.45) is 0.123. The molecule has 4 heterocycles. The van der Waals surface area contributed by atoms with Crippen LogP contribution in [0, 0.1) is 13.8 Å². The molecule has 202 valence electrons. The number of nitrogens with zero attached hydrogens (tertiary/aromatic N) is 6. The number of aromatic nitrogens is 6. The van der Waals surface area contributed by atoms with Crippen molar-refractivity contribution in [3.05, 3.63) is 92.4 Å². The highest BCUT2D eigenvalue weighted by molar-refractivity contribution is 6.31. The lowest BCUT2D eigenvalue weighted by Crippen LogP contribution is -2.23. The Morgan fingerprint density at radius 2 is 1.67 bits per heavy atom. The van der Waals surface area contributed by atoms with E-state index in [0.717, 1.165) is 11.8 Å². The van der Waals surface area contributed by atoms with Crippen molar-refractivity contribution in [2.24, 2.45) is 0 Å². The third kappa shape index (κ3) is 5.16. The second kappa shape index (κ2) is 9.49. The highest BCUT2D eigenvalue weighted by Crippen LogP contribution is 2.55. The molecule has 0 radical (unpaired) electrons. The molecular formula is C27H24ClF3N6O2. The third-order valence-corrected chi connectivity index (χ3v) is 7.02. The maximum Gasteiger partial charge on any atom is 0.451 e. The zero-order valence-electron chi connectivity index (χ0n) is 21.5. The Balaban J connectivity index is 1.51. The highest BCUT2D eigenvalue weighted by atomic mass is 35.5. The van der Waals surface area contributed by atoms with Crippen LogP contribution in [0.2, 0.25) is 5.02 Å². The van der Waals surface area contributed by atoms with E-state index in [0.29, 0.717) is 34.8 Å². The minimum Gasteiger partial charge on any atom is -0.382 e. The second-order valence-corrected chi connectivity index (χ2v) is 10.5. The van der Waals surface area contributed by atoms with E-state index < -0.39 is 23.2 Å². The van der Waals surface area contributed by atoms with E-state index in [4.69, 9.17) is 11.6 Å². The molecule has 1 fully saturated rings. The van der Waals surface area contributed by atoms with E-state index in [9.17, 15) is 23.1 Å². The molecule has 0 amide bonds. The van der Waals surface area contributed by atoms with Gasteiger partial charge in [0.05, 0.1) is 17.1 Å². The van der Waals surface area contributed by atoms with Gasteiger partial charge in [-0.2, -0.15) is 13.2 Å². The van der Waals surface area contributed by atoms with Crippen LogP contribution >= 0.6 is 11.6 Å². The Kier molecular flexibility index (Phi) is 6.54. The molecule has 4 aromatic heterocycles. The van der Waals surface area contributed by atoms with Crippen LogP contribution < -0.4 is 5.56 Å². The van der Waals surface area contributed by atoms with Crippen molar-refractivity contribution in [1.29, 1.82) is 0 Å². The standard InChI is InChI=1S/C27H24ClF3N6O2/c1-13-12-34-20(19-6-8-32-24(36-19)26(3,4)39)11-21(13)37-14(2)9-17(22(28)23(37)38)15-10-16(15)18-5-7-33-25(35-18)27(29,30)31/h5-9,11-12,15-16,39H,10H2,1-4H3/t15-,16-/m0/s1. The molecule has 0 spiro atoms. The van der Waals surface area contributed by atoms with Crippen LogP contribution in [0.4, 0.5) is 13.2 Å². The fourth-order valence-corrected chi connectivity index (χ4v) is 4.85. The van der Waals surface area contributed by atoms with Crippen LogP contribution in [-0.4, -0.2) is 34.6 Å². The number of aliphatic hydroxyl groups is 1. The quantitative estimate of drug-likeness (QED) is 0.357. The summed E-state index contributed by atoms with van der Waals surface area (Å²) < 4.78 is 40.7. The molecule has 0 unspecified atom stereocenters. The monoisotopic (exact) mass is 556 g/mol. The van der Waals surface area contributed by atoms with Gasteiger partial charge in [0.1, 0.15) is 10.6 Å². The van der Waals surface area contributed by atoms with Gasteiger partial charge in [-0.05, 0) is 75.4 Å². The number of pyridine rings is 2. The normalized spacial score (nSPS) is 17.4. The molecule has 4 aromatic rings. The molecule has 1 aliphatic carbocycles. The predicted octanol–water partition coefficient (Wildman–Crippen LogP) is 5.27. The smallest absolute Gasteiger partial charge is 0.382 e. The fourth-order valence-electron chi connectivity index (χ4n) is 4.58. The van der Waals surface area contributed by atoms with E-state index in [2.05, 4.69) is 24.9 Å². The van der Waals surface area contributed by atoms with Gasteiger partial charge in [-0.1, -0.05) is 11.6 Å². The molecule has 0 saturated heterocycles. The van der Waals surface area contributed by atoms with Gasteiger partial charge < -0.3 is 5.11 Å². The van der Waals surface area contributed by atoms with Crippen molar-refractivity contribution in [2.75, 3.05) is 0 Å². The number of hydrogen-bond acceptors (Lipinski definition) is 7. The lowest BCUT2D eigenvalue weighted by atomic mass is 10.1. The Bertz CT molecular complexity index is 1650. The average Bonchev–Trinajstić information content (AvgIpc) is 3.67. The number of rotatable bonds is 5. The molecule has 1 aliphatic rings. The third-order valence-electron chi connectivity index (χ3n) is 6.64. The van der Waals surface area contributed by atoms with Gasteiger partial charge in [-0.3, -0.25) is 14.3 Å². The van der Waals surface area contributed by atoms with Gasteiger partial charge in [0.2, 0.25) is 5.82 Å². The molecule has 8 nitrogen and oxygen atoms in total. The molecule has 12 heteroatoms. The largest absolute Gasteiger partial charge is 0.451 e. The summed E-state index contributed by atoms with van der Waals surface area (Å²) in [5.41, 5.74) is 1.96. The van der Waals surface area contributed by atoms with Crippen LogP contribution in [0.25, 0.3) is 17.1 Å². The summed E-state index contributed by atoms with van der Waals surface area (Å²) in [6, 6.07) is 6.62. The number of aryl methyl sites for hydroxylation is 2. The molecule has 39 heavy (non-hydrogen) atoms. The molecule has 2 atom stereocenters. The minimum atomic E-state index is -4.64. The van der Waals surface area contributed by atoms with Crippen molar-refractivity contribution in [1.82, 2.24) is 29.5 Å². The average molecular weight is 557 g/mol. The summed E-state index contributed by atoms with van der Waals surface area (Å²) in [5.74, 6) is -1.48. The van der Waals surface area contributed by atoms with Crippen molar-refractivity contribution in [3.8, 4) is 17.1 Å². The number of halogens is 4. The molecular weight excluding hydrogens is 533 g/mol. The number of hydrogen-bond donors (Lipinski definition) is 1. The first kappa shape index (κ1) is 26.9. The maximum atomic E-state index is 13.5. The van der Waals surface area contributed by atoms with Gasteiger partial charge in [0, 0.05) is 35.9 Å². The van der Waals surface area contributed by atoms with Crippen molar-refractivity contribution >= 4 is 11.6 Å². The van der Waals surface area contributed by atoms with E-state index >= 15 is 0 Å². The molecule has 0 aliphatic heterocycles. The van der Waals surface area contributed by atoms with Crippen LogP contribution in [-0.2, 0) is 11.8 Å². The first-order chi connectivity index (χ1) is 18.3. The van der Waals surface area contributed by atoms with E-state index in [1.165, 1.54) is 16.8 Å². The van der Waals surface area contributed by atoms with E-state index in [1.54, 1.807) is 45.2 Å². The predicted molar refractivity (Wildman–Crippen MR) is 138 cm³/mol. The summed E-state index contributed by atoms with van der Waals surface area (Å²) in [5, 5.41) is 10.3. The van der Waals surface area contributed by atoms with Crippen LogP contribution in [0.3, 0.4) is 0 Å². The van der Waals surface area contributed by atoms with Crippen LogP contribution in [0.5, 0.6) is 0 Å². The van der Waals surface area contributed by atoms with Crippen molar-refractivity contribution in [3.63, 3.8) is 0 Å². The van der Waals surface area contributed by atoms with Gasteiger partial charge in [0.25, 0.3) is 5.56 Å². The summed E-state index contributed by atoms with van der Waals surface area (Å²) in [4.78, 5) is 33.6. The lowest BCUT2D eigenvalue weighted by molar-refractivity contribution is -0.145. The minimum absolute atomic E-state index is 0.00214. The number of alkyl halides is 3. The Labute approximate surface area is 226 Å². The van der Waals surface area contributed by atoms with Crippen molar-refractivity contribution in [2.45, 2.75) is 57.7 Å². The molecule has 1 N–H and O–H groups in total. The highest BCUT2D eigenvalue weighted by Gasteiger charge is 2.44. The van der Waals surface area contributed by atoms with Crippen LogP contribution in [0.15, 0.2) is 47.7 Å². The first-order valence-corrected chi connectivity index (χ1v) is 12.5. The molecule has 5 rings (SSSR count). The topological polar surface area (TPSA) is 107 Å². The van der Waals surface area contributed by atoms with Gasteiger partial charge in [-0.15, -0.1) is 0 Å². The SMILES string of the molecule is Cc1cnc(-c2ccnc(C(C)(C)O)n2)cc1-n1c(C)cc([C@H]2C[C@@H]2c2ccnc(C(F)(F)F)n2)c(Cl)c1=O. The van der Waals surface area contributed by atoms with Gasteiger partial charge in [0.15, 0.2) is 5.82 Å². The zero-order valence-corrected chi connectivity index (χ0v) is 22.2.